The van der Waals surface area contributed by atoms with Crippen molar-refractivity contribution in [2.24, 2.45) is 0 Å². The fourth-order valence-electron chi connectivity index (χ4n) is 2.69. The Morgan fingerprint density at radius 3 is 2.11 bits per heavy atom. The summed E-state index contributed by atoms with van der Waals surface area (Å²) in [7, 11) is -18.2. The molecule has 1 fully saturated rings. The SMILES string of the molecule is O=c1[nH]c(=O)c2ncn([C@@H]3O[C@H](COP(=O)([O-])OP(=O)([O-])OP(=O)([O-])[O-])[C@@H](O)[C@H]3O)c2[nH]1.[Li+].[Li+].[Li+].[Li+]. The number of aliphatic hydroxyl groups excluding tert-OH is 2. The summed E-state index contributed by atoms with van der Waals surface area (Å²) in [5.41, 5.74) is -2.26. The summed E-state index contributed by atoms with van der Waals surface area (Å²) in [6.07, 6.45) is -5.82. The first-order valence-corrected chi connectivity index (χ1v) is 12.4. The van der Waals surface area contributed by atoms with Crippen molar-refractivity contribution in [3.05, 3.63) is 27.2 Å². The van der Waals surface area contributed by atoms with Crippen molar-refractivity contribution in [3.8, 4) is 0 Å². The summed E-state index contributed by atoms with van der Waals surface area (Å²) < 4.78 is 49.8. The molecule has 1 aliphatic rings. The van der Waals surface area contributed by atoms with Crippen molar-refractivity contribution >= 4 is 34.6 Å². The van der Waals surface area contributed by atoms with Gasteiger partial charge in [0.15, 0.2) is 11.7 Å². The van der Waals surface area contributed by atoms with Crippen molar-refractivity contribution in [3.63, 3.8) is 0 Å². The van der Waals surface area contributed by atoms with E-state index in [1.165, 1.54) is 0 Å². The van der Waals surface area contributed by atoms with Crippen LogP contribution in [0.15, 0.2) is 15.9 Å². The number of fused-ring (bicyclic) bond motifs is 1. The molecular formula is C10H11Li4N4O15P3. The van der Waals surface area contributed by atoms with Crippen LogP contribution in [0.1, 0.15) is 6.23 Å². The number of aromatic amines is 2. The molecule has 0 aromatic carbocycles. The summed E-state index contributed by atoms with van der Waals surface area (Å²) in [6.45, 7) is -1.16. The number of nitrogens with zero attached hydrogens (tertiary/aromatic N) is 2. The molecule has 2 unspecified atom stereocenters. The van der Waals surface area contributed by atoms with Crippen LogP contribution < -0.4 is 106 Å². The number of imidazole rings is 1. The van der Waals surface area contributed by atoms with Gasteiger partial charge in [0.1, 0.15) is 24.0 Å². The molecule has 0 spiro atoms. The Kier molecular flexibility index (Phi) is 15.7. The molecule has 2 aromatic heterocycles. The van der Waals surface area contributed by atoms with Crippen molar-refractivity contribution in [1.29, 1.82) is 0 Å². The molecule has 3 heterocycles. The van der Waals surface area contributed by atoms with E-state index in [0.717, 1.165) is 10.9 Å². The van der Waals surface area contributed by atoms with Gasteiger partial charge in [-0.15, -0.1) is 0 Å². The van der Waals surface area contributed by atoms with Gasteiger partial charge in [-0.1, -0.05) is 0 Å². The minimum atomic E-state index is -6.18. The Bertz CT molecular complexity index is 1280. The van der Waals surface area contributed by atoms with Gasteiger partial charge < -0.3 is 43.6 Å². The Morgan fingerprint density at radius 2 is 1.56 bits per heavy atom. The zero-order chi connectivity index (χ0) is 24.1. The van der Waals surface area contributed by atoms with E-state index in [4.69, 9.17) is 4.74 Å². The van der Waals surface area contributed by atoms with E-state index >= 15 is 0 Å². The molecule has 0 radical (unpaired) electrons. The Labute approximate surface area is 247 Å². The molecule has 180 valence electrons. The van der Waals surface area contributed by atoms with Gasteiger partial charge in [0.2, 0.25) is 0 Å². The van der Waals surface area contributed by atoms with Gasteiger partial charge in [0.05, 0.1) is 20.8 Å². The zero-order valence-electron chi connectivity index (χ0n) is 19.0. The number of ether oxygens (including phenoxy) is 1. The quantitative estimate of drug-likeness (QED) is 0.176. The molecule has 4 N–H and O–H groups in total. The predicted molar refractivity (Wildman–Crippen MR) is 87.8 cm³/mol. The molecule has 6 atom stereocenters. The van der Waals surface area contributed by atoms with Gasteiger partial charge in [-0.3, -0.25) is 32.8 Å². The Morgan fingerprint density at radius 1 is 0.972 bits per heavy atom. The number of H-pyrrole nitrogens is 2. The van der Waals surface area contributed by atoms with Crippen LogP contribution in [0.4, 0.5) is 0 Å². The number of aliphatic hydroxyl groups is 2. The molecule has 1 saturated heterocycles. The summed E-state index contributed by atoms with van der Waals surface area (Å²) in [5, 5.41) is 20.3. The van der Waals surface area contributed by atoms with Crippen molar-refractivity contribution < 1.29 is 137 Å². The van der Waals surface area contributed by atoms with Crippen molar-refractivity contribution in [2.45, 2.75) is 24.5 Å². The van der Waals surface area contributed by atoms with Gasteiger partial charge in [-0.05, 0) is 0 Å². The number of aromatic nitrogens is 4. The standard InChI is InChI=1S/C10H15N4O15P3.4Li/c15-5-3(1-26-31(22,23)29-32(24,25)28-30(19,20)21)27-9(6(5)16)14-2-11-4-7(14)12-10(18)13-8(4)17;;;;/h2-3,5-6,9,15-16H,1H2,(H,22,23)(H,24,25)(H2,19,20,21)(H2,12,13,17,18);;;;/q;4*+1/p-4/t3-,5-,6-,9-;;;;/m1..../s1. The van der Waals surface area contributed by atoms with Gasteiger partial charge in [-0.2, -0.15) is 0 Å². The molecule has 0 amide bonds. The van der Waals surface area contributed by atoms with Crippen LogP contribution in [0.5, 0.6) is 0 Å². The molecule has 0 aliphatic carbocycles. The molecule has 0 bridgehead atoms. The summed E-state index contributed by atoms with van der Waals surface area (Å²) in [6, 6.07) is 0. The second-order valence-electron chi connectivity index (χ2n) is 6.10. The van der Waals surface area contributed by atoms with E-state index in [1.54, 1.807) is 0 Å². The number of phosphoric ester groups is 1. The second-order valence-corrected chi connectivity index (χ2v) is 10.4. The van der Waals surface area contributed by atoms with Crippen LogP contribution in [0.2, 0.25) is 0 Å². The number of phosphoric acid groups is 3. The molecule has 2 aromatic rings. The van der Waals surface area contributed by atoms with Crippen LogP contribution in [0.3, 0.4) is 0 Å². The average Bonchev–Trinajstić information content (AvgIpc) is 3.12. The number of hydrogen-bond acceptors (Lipinski definition) is 16. The average molecular weight is 548 g/mol. The topological polar surface area (TPSA) is 304 Å². The monoisotopic (exact) mass is 548 g/mol. The van der Waals surface area contributed by atoms with E-state index in [-0.39, 0.29) is 86.6 Å². The maximum Gasteiger partial charge on any atom is 1.00 e. The van der Waals surface area contributed by atoms with E-state index in [1.807, 2.05) is 4.98 Å². The van der Waals surface area contributed by atoms with E-state index < -0.39 is 65.9 Å². The van der Waals surface area contributed by atoms with E-state index in [2.05, 4.69) is 23.1 Å². The summed E-state index contributed by atoms with van der Waals surface area (Å²) in [5.74, 6) is 0. The minimum Gasteiger partial charge on any atom is -0.790 e. The van der Waals surface area contributed by atoms with Crippen molar-refractivity contribution in [2.75, 3.05) is 6.61 Å². The molecular weight excluding hydrogens is 537 g/mol. The van der Waals surface area contributed by atoms with Gasteiger partial charge in [0, 0.05) is 0 Å². The van der Waals surface area contributed by atoms with E-state index in [0.29, 0.717) is 0 Å². The third kappa shape index (κ3) is 9.78. The fraction of sp³-hybridized carbons (Fsp3) is 0.500. The molecule has 3 rings (SSSR count). The van der Waals surface area contributed by atoms with Gasteiger partial charge >= 0.3 is 81.1 Å². The predicted octanol–water partition coefficient (Wildman–Crippen LogP) is -17.1. The van der Waals surface area contributed by atoms with Crippen LogP contribution in [-0.2, 0) is 31.6 Å². The van der Waals surface area contributed by atoms with Crippen molar-refractivity contribution in [1.82, 2.24) is 19.5 Å². The first kappa shape index (κ1) is 39.0. The third-order valence-corrected chi connectivity index (χ3v) is 7.54. The number of rotatable bonds is 8. The summed E-state index contributed by atoms with van der Waals surface area (Å²) >= 11 is 0. The Balaban J connectivity index is 0. The molecule has 19 nitrogen and oxygen atoms in total. The van der Waals surface area contributed by atoms with Crippen LogP contribution in [-0.4, -0.2) is 54.7 Å². The zero-order valence-corrected chi connectivity index (χ0v) is 21.7. The van der Waals surface area contributed by atoms with Gasteiger partial charge in [0.25, 0.3) is 21.2 Å². The molecule has 1 aliphatic heterocycles. The first-order valence-electron chi connectivity index (χ1n) is 8.01. The summed E-state index contributed by atoms with van der Waals surface area (Å²) in [4.78, 5) is 74.4. The normalized spacial score (nSPS) is 24.8. The minimum absolute atomic E-state index is 0. The van der Waals surface area contributed by atoms with Gasteiger partial charge in [-0.25, -0.2) is 14.1 Å². The van der Waals surface area contributed by atoms with Crippen LogP contribution in [0.25, 0.3) is 11.2 Å². The number of nitrogens with one attached hydrogen (secondary N) is 2. The molecule has 36 heavy (non-hydrogen) atoms. The van der Waals surface area contributed by atoms with Crippen LogP contribution >= 0.6 is 23.5 Å². The fourth-order valence-corrected chi connectivity index (χ4v) is 5.56. The largest absolute Gasteiger partial charge is 1.00 e. The smallest absolute Gasteiger partial charge is 0.790 e. The molecule has 0 saturated carbocycles. The maximum atomic E-state index is 11.7. The number of hydrogen-bond donors (Lipinski definition) is 4. The van der Waals surface area contributed by atoms with E-state index in [9.17, 15) is 53.1 Å². The van der Waals surface area contributed by atoms with Crippen LogP contribution in [0, 0.1) is 0 Å². The molecule has 26 heteroatoms. The first-order chi connectivity index (χ1) is 14.6. The second kappa shape index (κ2) is 14.5. The Hall–Kier alpha value is 0.830. The third-order valence-electron chi connectivity index (χ3n) is 3.88. The maximum absolute atomic E-state index is 11.7.